The molecule has 0 spiro atoms. The fourth-order valence-electron chi connectivity index (χ4n) is 3.65. The third-order valence-corrected chi connectivity index (χ3v) is 6.96. The van der Waals surface area contributed by atoms with E-state index in [2.05, 4.69) is 0 Å². The lowest BCUT2D eigenvalue weighted by Crippen LogP contribution is -2.37. The Morgan fingerprint density at radius 2 is 1.73 bits per heavy atom. The highest BCUT2D eigenvalue weighted by molar-refractivity contribution is 7.89. The van der Waals surface area contributed by atoms with Gasteiger partial charge in [-0.2, -0.15) is 4.31 Å². The molecule has 1 aliphatic rings. The summed E-state index contributed by atoms with van der Waals surface area (Å²) in [6.07, 6.45) is 2.58. The first kappa shape index (κ1) is 19.0. The highest BCUT2D eigenvalue weighted by atomic mass is 32.2. The summed E-state index contributed by atoms with van der Waals surface area (Å²) in [5, 5.41) is 9.17. The van der Waals surface area contributed by atoms with Gasteiger partial charge in [-0.3, -0.25) is 0 Å². The summed E-state index contributed by atoms with van der Waals surface area (Å²) < 4.78 is 41.6. The standard InChI is InChI=1S/C20H24FNO3S/c1-15-4-11-19(12-5-15)26(24,25)22-18(3-2-14-23)10-13-20(22)16-6-8-17(21)9-7-16/h4-9,11-12,18,20,23H,2-3,10,13-14H2,1H3. The van der Waals surface area contributed by atoms with Crippen LogP contribution in [0.15, 0.2) is 53.4 Å². The van der Waals surface area contributed by atoms with E-state index in [4.69, 9.17) is 5.11 Å². The van der Waals surface area contributed by atoms with Crippen molar-refractivity contribution in [2.75, 3.05) is 6.61 Å². The molecule has 26 heavy (non-hydrogen) atoms. The average Bonchev–Trinajstić information content (AvgIpc) is 3.05. The maximum absolute atomic E-state index is 13.4. The molecule has 140 valence electrons. The molecule has 1 saturated heterocycles. The number of nitrogens with zero attached hydrogens (tertiary/aromatic N) is 1. The van der Waals surface area contributed by atoms with Crippen LogP contribution in [0.25, 0.3) is 0 Å². The molecule has 2 aromatic rings. The Balaban J connectivity index is 2.00. The Kier molecular flexibility index (Phi) is 5.75. The van der Waals surface area contributed by atoms with Crippen molar-refractivity contribution in [3.63, 3.8) is 0 Å². The molecule has 1 aliphatic heterocycles. The second-order valence-electron chi connectivity index (χ2n) is 6.81. The zero-order chi connectivity index (χ0) is 18.7. The van der Waals surface area contributed by atoms with Crippen molar-refractivity contribution < 1.29 is 17.9 Å². The van der Waals surface area contributed by atoms with Crippen LogP contribution >= 0.6 is 0 Å². The molecule has 2 unspecified atom stereocenters. The first-order valence-electron chi connectivity index (χ1n) is 8.90. The number of benzene rings is 2. The van der Waals surface area contributed by atoms with Gasteiger partial charge in [0, 0.05) is 12.6 Å². The predicted molar refractivity (Wildman–Crippen MR) is 98.7 cm³/mol. The number of hydrogen-bond acceptors (Lipinski definition) is 3. The van der Waals surface area contributed by atoms with Crippen LogP contribution in [0.1, 0.15) is 42.9 Å². The van der Waals surface area contributed by atoms with Crippen LogP contribution in [-0.2, 0) is 10.0 Å². The molecule has 1 heterocycles. The van der Waals surface area contributed by atoms with Crippen LogP contribution in [0, 0.1) is 12.7 Å². The highest BCUT2D eigenvalue weighted by Crippen LogP contribution is 2.41. The largest absolute Gasteiger partial charge is 0.396 e. The van der Waals surface area contributed by atoms with Gasteiger partial charge in [0.05, 0.1) is 10.9 Å². The smallest absolute Gasteiger partial charge is 0.243 e. The molecule has 3 rings (SSSR count). The van der Waals surface area contributed by atoms with Gasteiger partial charge in [-0.15, -0.1) is 0 Å². The lowest BCUT2D eigenvalue weighted by molar-refractivity contribution is 0.253. The van der Waals surface area contributed by atoms with Gasteiger partial charge in [0.1, 0.15) is 5.82 Å². The summed E-state index contributed by atoms with van der Waals surface area (Å²) in [6, 6.07) is 12.4. The SMILES string of the molecule is Cc1ccc(S(=O)(=O)N2C(CCCO)CCC2c2ccc(F)cc2)cc1. The van der Waals surface area contributed by atoms with E-state index in [0.29, 0.717) is 19.3 Å². The summed E-state index contributed by atoms with van der Waals surface area (Å²) in [5.74, 6) is -0.337. The lowest BCUT2D eigenvalue weighted by Gasteiger charge is -2.30. The van der Waals surface area contributed by atoms with Gasteiger partial charge in [-0.05, 0) is 62.4 Å². The van der Waals surface area contributed by atoms with Crippen molar-refractivity contribution >= 4 is 10.0 Å². The molecule has 1 N–H and O–H groups in total. The van der Waals surface area contributed by atoms with E-state index in [9.17, 15) is 12.8 Å². The van der Waals surface area contributed by atoms with Crippen LogP contribution in [0.4, 0.5) is 4.39 Å². The van der Waals surface area contributed by atoms with Crippen LogP contribution in [-0.4, -0.2) is 30.5 Å². The van der Waals surface area contributed by atoms with E-state index in [1.807, 2.05) is 6.92 Å². The Bertz CT molecular complexity index is 834. The van der Waals surface area contributed by atoms with Gasteiger partial charge in [-0.1, -0.05) is 29.8 Å². The molecule has 6 heteroatoms. The van der Waals surface area contributed by atoms with E-state index in [1.54, 1.807) is 40.7 Å². The van der Waals surface area contributed by atoms with Gasteiger partial charge in [0.2, 0.25) is 10.0 Å². The molecule has 0 radical (unpaired) electrons. The fraction of sp³-hybridized carbons (Fsp3) is 0.400. The van der Waals surface area contributed by atoms with Gasteiger partial charge in [-0.25, -0.2) is 12.8 Å². The molecule has 2 atom stereocenters. The van der Waals surface area contributed by atoms with E-state index in [-0.39, 0.29) is 29.4 Å². The van der Waals surface area contributed by atoms with Gasteiger partial charge in [0.25, 0.3) is 0 Å². The summed E-state index contributed by atoms with van der Waals surface area (Å²) in [7, 11) is -3.68. The Morgan fingerprint density at radius 1 is 1.08 bits per heavy atom. The zero-order valence-corrected chi connectivity index (χ0v) is 15.6. The Hall–Kier alpha value is -1.76. The van der Waals surface area contributed by atoms with Crippen molar-refractivity contribution in [2.45, 2.75) is 49.6 Å². The van der Waals surface area contributed by atoms with E-state index < -0.39 is 10.0 Å². The predicted octanol–water partition coefficient (Wildman–Crippen LogP) is 3.80. The van der Waals surface area contributed by atoms with Crippen LogP contribution < -0.4 is 0 Å². The topological polar surface area (TPSA) is 57.6 Å². The van der Waals surface area contributed by atoms with E-state index in [0.717, 1.165) is 17.5 Å². The third-order valence-electron chi connectivity index (χ3n) is 4.99. The number of rotatable bonds is 6. The molecular weight excluding hydrogens is 353 g/mol. The third kappa shape index (κ3) is 3.82. The molecule has 0 aromatic heterocycles. The first-order chi connectivity index (χ1) is 12.4. The summed E-state index contributed by atoms with van der Waals surface area (Å²) in [4.78, 5) is 0.270. The zero-order valence-electron chi connectivity index (χ0n) is 14.8. The minimum absolute atomic E-state index is 0.0378. The summed E-state index contributed by atoms with van der Waals surface area (Å²) in [5.41, 5.74) is 1.80. The van der Waals surface area contributed by atoms with Crippen LogP contribution in [0.2, 0.25) is 0 Å². The molecule has 4 nitrogen and oxygen atoms in total. The van der Waals surface area contributed by atoms with Crippen molar-refractivity contribution in [3.8, 4) is 0 Å². The maximum atomic E-state index is 13.4. The van der Waals surface area contributed by atoms with Gasteiger partial charge in [0.15, 0.2) is 0 Å². The van der Waals surface area contributed by atoms with E-state index >= 15 is 0 Å². The Labute approximate surface area is 154 Å². The fourth-order valence-corrected chi connectivity index (χ4v) is 5.54. The van der Waals surface area contributed by atoms with Gasteiger partial charge >= 0.3 is 0 Å². The van der Waals surface area contributed by atoms with Crippen LogP contribution in [0.5, 0.6) is 0 Å². The quantitative estimate of drug-likeness (QED) is 0.833. The van der Waals surface area contributed by atoms with Crippen molar-refractivity contribution in [1.82, 2.24) is 4.31 Å². The highest BCUT2D eigenvalue weighted by Gasteiger charge is 2.42. The minimum atomic E-state index is -3.68. The number of aliphatic hydroxyl groups excluding tert-OH is 1. The maximum Gasteiger partial charge on any atom is 0.243 e. The minimum Gasteiger partial charge on any atom is -0.396 e. The number of aryl methyl sites for hydroxylation is 1. The molecule has 0 amide bonds. The normalized spacial score (nSPS) is 21.2. The molecule has 0 bridgehead atoms. The average molecular weight is 377 g/mol. The summed E-state index contributed by atoms with van der Waals surface area (Å²) >= 11 is 0. The van der Waals surface area contributed by atoms with E-state index in [1.165, 1.54) is 12.1 Å². The number of halogens is 1. The second-order valence-corrected chi connectivity index (χ2v) is 8.66. The summed E-state index contributed by atoms with van der Waals surface area (Å²) in [6.45, 7) is 1.95. The van der Waals surface area contributed by atoms with Crippen molar-refractivity contribution in [2.24, 2.45) is 0 Å². The first-order valence-corrected chi connectivity index (χ1v) is 10.3. The van der Waals surface area contributed by atoms with Crippen LogP contribution in [0.3, 0.4) is 0 Å². The molecule has 2 aromatic carbocycles. The number of aliphatic hydroxyl groups is 1. The second kappa shape index (κ2) is 7.86. The van der Waals surface area contributed by atoms with Gasteiger partial charge < -0.3 is 5.11 Å². The molecule has 0 aliphatic carbocycles. The lowest BCUT2D eigenvalue weighted by atomic mass is 10.1. The van der Waals surface area contributed by atoms with Crippen molar-refractivity contribution in [3.05, 3.63) is 65.5 Å². The molecule has 0 saturated carbocycles. The number of sulfonamides is 1. The van der Waals surface area contributed by atoms with Crippen molar-refractivity contribution in [1.29, 1.82) is 0 Å². The molecule has 1 fully saturated rings. The molecular formula is C20H24FNO3S. The number of hydrogen-bond donors (Lipinski definition) is 1. The Morgan fingerprint density at radius 3 is 2.35 bits per heavy atom. The monoisotopic (exact) mass is 377 g/mol.